The maximum Gasteiger partial charge on any atom is 0.191 e. The van der Waals surface area contributed by atoms with E-state index in [0.717, 1.165) is 22.8 Å². The molecule has 0 amide bonds. The Morgan fingerprint density at radius 1 is 1.24 bits per heavy atom. The van der Waals surface area contributed by atoms with E-state index in [1.165, 1.54) is 0 Å². The number of aliphatic hydroxyl groups is 1. The number of rotatable bonds is 7. The van der Waals surface area contributed by atoms with Gasteiger partial charge >= 0.3 is 0 Å². The summed E-state index contributed by atoms with van der Waals surface area (Å²) >= 11 is 0. The van der Waals surface area contributed by atoms with E-state index in [-0.39, 0.29) is 6.54 Å². The molecule has 0 aliphatic carbocycles. The lowest BCUT2D eigenvalue weighted by molar-refractivity contribution is 0.0601. The second-order valence-electron chi connectivity index (χ2n) is 7.10. The van der Waals surface area contributed by atoms with Crippen LogP contribution >= 0.6 is 0 Å². The highest BCUT2D eigenvalue weighted by atomic mass is 16.3. The standard InChI is InChI=1S/C21H28N6O2/c1-5-22-20(24-13-21(4,28)18-11-15(2)29-16(18)3)23-12-19-26-25-14-27(19)17-9-7-6-8-10-17/h6-11,14,28H,5,12-13H2,1-4H3,(H2,22,23,24). The van der Waals surface area contributed by atoms with Gasteiger partial charge in [0.1, 0.15) is 30.0 Å². The Kier molecular flexibility index (Phi) is 6.33. The van der Waals surface area contributed by atoms with Gasteiger partial charge in [0.25, 0.3) is 0 Å². The van der Waals surface area contributed by atoms with Crippen LogP contribution < -0.4 is 10.6 Å². The van der Waals surface area contributed by atoms with Crippen LogP contribution in [0, 0.1) is 13.8 Å². The Morgan fingerprint density at radius 3 is 2.66 bits per heavy atom. The van der Waals surface area contributed by atoms with Crippen molar-refractivity contribution in [1.29, 1.82) is 0 Å². The number of aryl methyl sites for hydroxylation is 2. The molecule has 3 rings (SSSR count). The van der Waals surface area contributed by atoms with Gasteiger partial charge in [0.05, 0.1) is 6.54 Å². The topological polar surface area (TPSA) is 100 Å². The first-order valence-corrected chi connectivity index (χ1v) is 9.67. The highest BCUT2D eigenvalue weighted by molar-refractivity contribution is 5.79. The lowest BCUT2D eigenvalue weighted by atomic mass is 9.96. The smallest absolute Gasteiger partial charge is 0.191 e. The van der Waals surface area contributed by atoms with Crippen LogP contribution in [-0.4, -0.2) is 38.9 Å². The van der Waals surface area contributed by atoms with E-state index in [1.54, 1.807) is 13.3 Å². The van der Waals surface area contributed by atoms with Crippen molar-refractivity contribution in [3.05, 3.63) is 65.6 Å². The summed E-state index contributed by atoms with van der Waals surface area (Å²) in [5.74, 6) is 2.81. The maximum absolute atomic E-state index is 10.9. The number of nitrogens with one attached hydrogen (secondary N) is 2. The van der Waals surface area contributed by atoms with E-state index >= 15 is 0 Å². The Bertz CT molecular complexity index is 959. The number of guanidine groups is 1. The van der Waals surface area contributed by atoms with Crippen LogP contribution in [-0.2, 0) is 12.1 Å². The molecule has 0 fully saturated rings. The number of para-hydroxylation sites is 1. The molecule has 3 aromatic rings. The fourth-order valence-electron chi connectivity index (χ4n) is 3.18. The molecule has 0 saturated heterocycles. The van der Waals surface area contributed by atoms with Crippen molar-refractivity contribution in [3.63, 3.8) is 0 Å². The number of hydrogen-bond donors (Lipinski definition) is 3. The van der Waals surface area contributed by atoms with Gasteiger partial charge in [0, 0.05) is 17.8 Å². The molecule has 1 aromatic carbocycles. The van der Waals surface area contributed by atoms with Crippen LogP contribution in [0.1, 0.15) is 36.8 Å². The summed E-state index contributed by atoms with van der Waals surface area (Å²) in [5.41, 5.74) is 0.652. The van der Waals surface area contributed by atoms with E-state index in [9.17, 15) is 5.11 Å². The molecule has 0 aliphatic rings. The van der Waals surface area contributed by atoms with Gasteiger partial charge in [-0.3, -0.25) is 4.57 Å². The molecule has 1 atom stereocenters. The zero-order chi connectivity index (χ0) is 20.9. The minimum Gasteiger partial charge on any atom is -0.466 e. The van der Waals surface area contributed by atoms with Crippen molar-refractivity contribution in [2.45, 2.75) is 39.8 Å². The largest absolute Gasteiger partial charge is 0.466 e. The van der Waals surface area contributed by atoms with E-state index in [2.05, 4.69) is 25.8 Å². The average molecular weight is 396 g/mol. The number of nitrogens with zero attached hydrogens (tertiary/aromatic N) is 4. The van der Waals surface area contributed by atoms with Crippen LogP contribution in [0.4, 0.5) is 0 Å². The van der Waals surface area contributed by atoms with E-state index in [1.807, 2.05) is 61.7 Å². The summed E-state index contributed by atoms with van der Waals surface area (Å²) in [6.07, 6.45) is 1.68. The lowest BCUT2D eigenvalue weighted by Gasteiger charge is -2.24. The predicted molar refractivity (Wildman–Crippen MR) is 112 cm³/mol. The normalized spacial score (nSPS) is 13.9. The summed E-state index contributed by atoms with van der Waals surface area (Å²) < 4.78 is 7.46. The van der Waals surface area contributed by atoms with Gasteiger partial charge in [0.15, 0.2) is 11.8 Å². The minimum absolute atomic E-state index is 0.282. The molecule has 154 valence electrons. The molecule has 2 aromatic heterocycles. The summed E-state index contributed by atoms with van der Waals surface area (Å²) in [5, 5.41) is 25.5. The molecule has 0 bridgehead atoms. The predicted octanol–water partition coefficient (Wildman–Crippen LogP) is 2.44. The third-order valence-corrected chi connectivity index (χ3v) is 4.60. The molecule has 8 heteroatoms. The molecular weight excluding hydrogens is 368 g/mol. The van der Waals surface area contributed by atoms with Gasteiger partial charge in [0.2, 0.25) is 0 Å². The summed E-state index contributed by atoms with van der Waals surface area (Å²) in [6.45, 7) is 8.79. The highest BCUT2D eigenvalue weighted by Gasteiger charge is 2.27. The summed E-state index contributed by atoms with van der Waals surface area (Å²) in [4.78, 5) is 4.60. The van der Waals surface area contributed by atoms with Crippen LogP contribution in [0.3, 0.4) is 0 Å². The van der Waals surface area contributed by atoms with E-state index in [0.29, 0.717) is 24.8 Å². The Morgan fingerprint density at radius 2 is 2.00 bits per heavy atom. The monoisotopic (exact) mass is 396 g/mol. The second-order valence-corrected chi connectivity index (χ2v) is 7.10. The van der Waals surface area contributed by atoms with E-state index < -0.39 is 5.60 Å². The molecule has 1 unspecified atom stereocenters. The number of hydrogen-bond acceptors (Lipinski definition) is 5. The fraction of sp³-hybridized carbons (Fsp3) is 0.381. The first-order valence-electron chi connectivity index (χ1n) is 9.67. The van der Waals surface area contributed by atoms with Crippen molar-refractivity contribution < 1.29 is 9.52 Å². The van der Waals surface area contributed by atoms with Gasteiger partial charge < -0.3 is 20.2 Å². The van der Waals surface area contributed by atoms with Gasteiger partial charge in [-0.05, 0) is 45.9 Å². The Hall–Kier alpha value is -3.13. The molecule has 0 spiro atoms. The van der Waals surface area contributed by atoms with E-state index in [4.69, 9.17) is 4.42 Å². The van der Waals surface area contributed by atoms with Gasteiger partial charge in [-0.1, -0.05) is 18.2 Å². The molecule has 2 heterocycles. The van der Waals surface area contributed by atoms with Crippen LogP contribution in [0.25, 0.3) is 5.69 Å². The number of aromatic nitrogens is 3. The minimum atomic E-state index is -1.10. The fourth-order valence-corrected chi connectivity index (χ4v) is 3.18. The zero-order valence-corrected chi connectivity index (χ0v) is 17.3. The van der Waals surface area contributed by atoms with Crippen LogP contribution in [0.15, 0.2) is 52.1 Å². The van der Waals surface area contributed by atoms with Crippen molar-refractivity contribution in [2.24, 2.45) is 4.99 Å². The first kappa shape index (κ1) is 20.6. The van der Waals surface area contributed by atoms with Gasteiger partial charge in [-0.15, -0.1) is 10.2 Å². The van der Waals surface area contributed by atoms with Crippen molar-refractivity contribution in [1.82, 2.24) is 25.4 Å². The van der Waals surface area contributed by atoms with Gasteiger partial charge in [-0.2, -0.15) is 0 Å². The molecule has 8 nitrogen and oxygen atoms in total. The molecular formula is C21H28N6O2. The number of furan rings is 1. The van der Waals surface area contributed by atoms with Crippen molar-refractivity contribution >= 4 is 5.96 Å². The van der Waals surface area contributed by atoms with Crippen LogP contribution in [0.5, 0.6) is 0 Å². The molecule has 0 saturated carbocycles. The number of aliphatic imine (C=N–C) groups is 1. The van der Waals surface area contributed by atoms with Crippen LogP contribution in [0.2, 0.25) is 0 Å². The van der Waals surface area contributed by atoms with Gasteiger partial charge in [-0.25, -0.2) is 4.99 Å². The second kappa shape index (κ2) is 8.91. The summed E-state index contributed by atoms with van der Waals surface area (Å²) in [7, 11) is 0. The molecule has 0 radical (unpaired) electrons. The zero-order valence-electron chi connectivity index (χ0n) is 17.3. The maximum atomic E-state index is 10.9. The van der Waals surface area contributed by atoms with Crippen molar-refractivity contribution in [3.8, 4) is 5.69 Å². The lowest BCUT2D eigenvalue weighted by Crippen LogP contribution is -2.44. The quantitative estimate of drug-likeness (QED) is 0.419. The molecule has 3 N–H and O–H groups in total. The molecule has 0 aliphatic heterocycles. The number of benzene rings is 1. The Labute approximate surface area is 170 Å². The summed E-state index contributed by atoms with van der Waals surface area (Å²) in [6, 6.07) is 11.8. The molecule has 29 heavy (non-hydrogen) atoms. The van der Waals surface area contributed by atoms with Crippen molar-refractivity contribution in [2.75, 3.05) is 13.1 Å². The Balaban J connectivity index is 1.71. The SMILES string of the molecule is CCNC(=NCc1nncn1-c1ccccc1)NCC(C)(O)c1cc(C)oc1C. The average Bonchev–Trinajstić information content (AvgIpc) is 3.31. The first-order chi connectivity index (χ1) is 13.9. The third-order valence-electron chi connectivity index (χ3n) is 4.60. The third kappa shape index (κ3) is 5.03. The highest BCUT2D eigenvalue weighted by Crippen LogP contribution is 2.26.